The largest absolute Gasteiger partial charge is 0.493 e. The molecule has 0 aliphatic heterocycles. The molecule has 190 valence electrons. The molecule has 1 aromatic heterocycles. The molecular weight excluding hydrogens is 546 g/mol. The summed E-state index contributed by atoms with van der Waals surface area (Å²) in [5.74, 6) is 0.960. The summed E-state index contributed by atoms with van der Waals surface area (Å²) in [6.07, 6.45) is -3.97. The Hall–Kier alpha value is -2.25. The lowest BCUT2D eigenvalue weighted by atomic mass is 10.0. The molecule has 0 saturated heterocycles. The van der Waals surface area contributed by atoms with Gasteiger partial charge in [0.1, 0.15) is 30.5 Å². The minimum absolute atomic E-state index is 0.179. The Bertz CT molecular complexity index is 1140. The molecule has 2 aromatic carbocycles. The maximum atomic E-state index is 10.6. The van der Waals surface area contributed by atoms with E-state index >= 15 is 0 Å². The van der Waals surface area contributed by atoms with E-state index in [0.29, 0.717) is 27.4 Å². The van der Waals surface area contributed by atoms with E-state index in [-0.39, 0.29) is 18.1 Å². The Morgan fingerprint density at radius 1 is 1.03 bits per heavy atom. The van der Waals surface area contributed by atoms with Crippen LogP contribution in [0.5, 0.6) is 11.5 Å². The zero-order chi connectivity index (χ0) is 25.5. The highest BCUT2D eigenvalue weighted by atomic mass is 79.9. The summed E-state index contributed by atoms with van der Waals surface area (Å²) in [6.45, 7) is 0.781. The van der Waals surface area contributed by atoms with Crippen molar-refractivity contribution in [1.82, 2.24) is 9.97 Å². The number of aromatic nitrogens is 2. The van der Waals surface area contributed by atoms with Crippen molar-refractivity contribution in [3.8, 4) is 11.5 Å². The molecule has 0 aliphatic carbocycles. The quantitative estimate of drug-likeness (QED) is 0.219. The number of aliphatic hydroxyl groups is 4. The van der Waals surface area contributed by atoms with Crippen LogP contribution in [0, 0.1) is 0 Å². The van der Waals surface area contributed by atoms with Crippen LogP contribution in [-0.2, 0) is 4.74 Å². The van der Waals surface area contributed by atoms with E-state index in [1.807, 2.05) is 12.1 Å². The third-order valence-corrected chi connectivity index (χ3v) is 6.47. The maximum absolute atomic E-state index is 10.6. The number of nitrogens with zero attached hydrogens (tertiary/aromatic N) is 2. The average Bonchev–Trinajstić information content (AvgIpc) is 2.86. The number of hydrogen-bond donors (Lipinski definition) is 5. The second-order valence-corrected chi connectivity index (χ2v) is 8.75. The monoisotopic (exact) mass is 571 g/mol. The fraction of sp³-hybridized carbons (Fsp3) is 0.391. The van der Waals surface area contributed by atoms with Crippen LogP contribution < -0.4 is 14.8 Å². The van der Waals surface area contributed by atoms with Crippen LogP contribution in [0.15, 0.2) is 41.1 Å². The van der Waals surface area contributed by atoms with Gasteiger partial charge in [0.15, 0.2) is 17.6 Å². The highest BCUT2D eigenvalue weighted by molar-refractivity contribution is 9.10. The lowest BCUT2D eigenvalue weighted by Gasteiger charge is -2.30. The molecule has 4 atom stereocenters. The number of methoxy groups -OCH3 is 1. The summed E-state index contributed by atoms with van der Waals surface area (Å²) in [6, 6.07) is 8.61. The molecular formula is C23H27BrClN3O7. The van der Waals surface area contributed by atoms with Gasteiger partial charge in [-0.25, -0.2) is 9.97 Å². The third-order valence-electron chi connectivity index (χ3n) is 5.23. The molecule has 0 aliphatic rings. The minimum atomic E-state index is -1.56. The molecule has 5 N–H and O–H groups in total. The molecule has 0 saturated carbocycles. The molecule has 0 amide bonds. The second kappa shape index (κ2) is 12.6. The molecule has 0 radical (unpaired) electrons. The molecule has 0 unspecified atom stereocenters. The van der Waals surface area contributed by atoms with Crippen molar-refractivity contribution in [2.75, 3.05) is 32.2 Å². The van der Waals surface area contributed by atoms with Crippen LogP contribution in [-0.4, -0.2) is 81.7 Å². The Balaban J connectivity index is 1.90. The predicted molar refractivity (Wildman–Crippen MR) is 135 cm³/mol. The molecule has 12 heteroatoms. The topological polar surface area (TPSA) is 146 Å². The predicted octanol–water partition coefficient (Wildman–Crippen LogP) is 2.66. The first kappa shape index (κ1) is 27.3. The summed E-state index contributed by atoms with van der Waals surface area (Å²) < 4.78 is 17.3. The number of ether oxygens (including phenoxy) is 3. The van der Waals surface area contributed by atoms with Crippen LogP contribution in [0.2, 0.25) is 5.02 Å². The molecule has 0 spiro atoms. The molecule has 1 heterocycles. The maximum Gasteiger partial charge on any atom is 0.164 e. The molecule has 10 nitrogen and oxygen atoms in total. The Labute approximate surface area is 215 Å². The van der Waals surface area contributed by atoms with Crippen molar-refractivity contribution >= 4 is 49.9 Å². The zero-order valence-corrected chi connectivity index (χ0v) is 21.4. The first-order chi connectivity index (χ1) is 16.8. The van der Waals surface area contributed by atoms with Crippen molar-refractivity contribution in [2.24, 2.45) is 0 Å². The Morgan fingerprint density at radius 3 is 2.37 bits per heavy atom. The van der Waals surface area contributed by atoms with Crippen molar-refractivity contribution in [1.29, 1.82) is 0 Å². The van der Waals surface area contributed by atoms with Gasteiger partial charge in [-0.05, 0) is 47.1 Å². The van der Waals surface area contributed by atoms with Gasteiger partial charge in [0, 0.05) is 28.2 Å². The van der Waals surface area contributed by atoms with E-state index in [1.165, 1.54) is 13.4 Å². The average molecular weight is 573 g/mol. The number of benzene rings is 2. The van der Waals surface area contributed by atoms with Crippen molar-refractivity contribution < 1.29 is 34.6 Å². The van der Waals surface area contributed by atoms with Gasteiger partial charge in [-0.3, -0.25) is 0 Å². The molecule has 3 aromatic rings. The van der Waals surface area contributed by atoms with Gasteiger partial charge in [0.25, 0.3) is 0 Å². The summed E-state index contributed by atoms with van der Waals surface area (Å²) in [5, 5.41) is 44.6. The van der Waals surface area contributed by atoms with Crippen molar-refractivity contribution in [3.05, 3.63) is 46.2 Å². The van der Waals surface area contributed by atoms with Crippen LogP contribution in [0.25, 0.3) is 10.9 Å². The lowest BCUT2D eigenvalue weighted by Crippen LogP contribution is -2.50. The fourth-order valence-corrected chi connectivity index (χ4v) is 3.84. The first-order valence-electron chi connectivity index (χ1n) is 10.7. The smallest absolute Gasteiger partial charge is 0.164 e. The Kier molecular flexibility index (Phi) is 9.87. The van der Waals surface area contributed by atoms with Crippen LogP contribution in [0.1, 0.15) is 6.92 Å². The van der Waals surface area contributed by atoms with Crippen molar-refractivity contribution in [3.63, 3.8) is 0 Å². The summed E-state index contributed by atoms with van der Waals surface area (Å²) >= 11 is 9.55. The SMILES string of the molecule is CCO[C@@H](CO)[C@@H](O)[C@H](O)[C@H](CO)Oc1cc2ncnc(Nc3ccc(Br)c(Cl)c3)c2cc1OC. The van der Waals surface area contributed by atoms with Gasteiger partial charge < -0.3 is 40.0 Å². The number of hydrogen-bond acceptors (Lipinski definition) is 10. The number of nitrogens with one attached hydrogen (secondary N) is 1. The number of fused-ring (bicyclic) bond motifs is 1. The molecule has 35 heavy (non-hydrogen) atoms. The summed E-state index contributed by atoms with van der Waals surface area (Å²) in [4.78, 5) is 8.59. The van der Waals surface area contributed by atoms with Crippen LogP contribution in [0.4, 0.5) is 11.5 Å². The van der Waals surface area contributed by atoms with Gasteiger partial charge in [-0.2, -0.15) is 0 Å². The van der Waals surface area contributed by atoms with Gasteiger partial charge in [0.2, 0.25) is 0 Å². The van der Waals surface area contributed by atoms with Gasteiger partial charge in [-0.15, -0.1) is 0 Å². The van der Waals surface area contributed by atoms with Gasteiger partial charge in [0.05, 0.1) is 30.9 Å². The summed E-state index contributed by atoms with van der Waals surface area (Å²) in [5.41, 5.74) is 1.21. The van der Waals surface area contributed by atoms with Gasteiger partial charge in [-0.1, -0.05) is 11.6 Å². The normalized spacial score (nSPS) is 14.9. The number of aliphatic hydroxyl groups excluding tert-OH is 4. The highest BCUT2D eigenvalue weighted by Crippen LogP contribution is 2.36. The first-order valence-corrected chi connectivity index (χ1v) is 11.9. The number of rotatable bonds is 12. The van der Waals surface area contributed by atoms with E-state index in [1.54, 1.807) is 25.1 Å². The molecule has 0 fully saturated rings. The third kappa shape index (κ3) is 6.50. The minimum Gasteiger partial charge on any atom is -0.493 e. The van der Waals surface area contributed by atoms with Crippen LogP contribution >= 0.6 is 27.5 Å². The highest BCUT2D eigenvalue weighted by Gasteiger charge is 2.34. The van der Waals surface area contributed by atoms with Crippen molar-refractivity contribution in [2.45, 2.75) is 31.3 Å². The van der Waals surface area contributed by atoms with Crippen LogP contribution in [0.3, 0.4) is 0 Å². The standard InChI is InChI=1S/C23H27BrClN3O7/c1-3-34-19(9-29)21(31)22(32)20(10-30)35-18-8-16-13(7-17(18)33-2)23(27-11-26-16)28-12-4-5-14(24)15(25)6-12/h4-8,11,19-22,29-32H,3,9-10H2,1-2H3,(H,26,27,28)/t19-,20-,21+,22+/m0/s1. The molecule has 3 rings (SSSR count). The van der Waals surface area contributed by atoms with E-state index in [4.69, 9.17) is 25.8 Å². The molecule has 0 bridgehead atoms. The van der Waals surface area contributed by atoms with E-state index < -0.39 is 37.6 Å². The summed E-state index contributed by atoms with van der Waals surface area (Å²) in [7, 11) is 1.44. The second-order valence-electron chi connectivity index (χ2n) is 7.49. The number of anilines is 2. The lowest BCUT2D eigenvalue weighted by molar-refractivity contribution is -0.134. The van der Waals surface area contributed by atoms with E-state index in [9.17, 15) is 20.4 Å². The van der Waals surface area contributed by atoms with E-state index in [0.717, 1.165) is 4.47 Å². The van der Waals surface area contributed by atoms with E-state index in [2.05, 4.69) is 31.2 Å². The Morgan fingerprint density at radius 2 is 1.74 bits per heavy atom. The number of halogens is 2. The zero-order valence-electron chi connectivity index (χ0n) is 19.1. The van der Waals surface area contributed by atoms with Gasteiger partial charge >= 0.3 is 0 Å². The fourth-order valence-electron chi connectivity index (χ4n) is 3.42.